The highest BCUT2D eigenvalue weighted by Gasteiger charge is 2.20. The number of fused-ring (bicyclic) bond motifs is 6. The zero-order chi connectivity index (χ0) is 33.8. The fourth-order valence-electron chi connectivity index (χ4n) is 7.39. The van der Waals surface area contributed by atoms with Gasteiger partial charge in [-0.1, -0.05) is 84.9 Å². The van der Waals surface area contributed by atoms with Gasteiger partial charge in [0.2, 0.25) is 0 Å². The van der Waals surface area contributed by atoms with Crippen LogP contribution in [-0.2, 0) is 0 Å². The van der Waals surface area contributed by atoms with E-state index in [4.69, 9.17) is 0 Å². The van der Waals surface area contributed by atoms with E-state index < -0.39 is 0 Å². The Bertz CT molecular complexity index is 2900. The molecule has 0 spiro atoms. The van der Waals surface area contributed by atoms with E-state index in [-0.39, 0.29) is 0 Å². The molecule has 0 bridgehead atoms. The Labute approximate surface area is 287 Å². The lowest BCUT2D eigenvalue weighted by atomic mass is 9.92. The quantitative estimate of drug-likeness (QED) is 0.193. The minimum Gasteiger partial charge on any atom is -0.309 e. The van der Waals surface area contributed by atoms with Crippen molar-refractivity contribution in [2.45, 2.75) is 0 Å². The molecular formula is C45H25N5. The molecule has 50 heavy (non-hydrogen) atoms. The number of benzene rings is 7. The van der Waals surface area contributed by atoms with Gasteiger partial charge in [0.1, 0.15) is 0 Å². The predicted molar refractivity (Wildman–Crippen MR) is 200 cm³/mol. The molecule has 2 aromatic heterocycles. The summed E-state index contributed by atoms with van der Waals surface area (Å²) in [5.74, 6) is 0. The van der Waals surface area contributed by atoms with E-state index in [2.05, 4.69) is 112 Å². The summed E-state index contributed by atoms with van der Waals surface area (Å²) >= 11 is 0. The molecule has 0 atom stereocenters. The monoisotopic (exact) mass is 635 g/mol. The van der Waals surface area contributed by atoms with Gasteiger partial charge in [0.05, 0.1) is 62.7 Å². The Hall–Kier alpha value is -7.39. The maximum absolute atomic E-state index is 10.0. The smallest absolute Gasteiger partial charge is 0.0992 e. The number of nitriles is 3. The normalized spacial score (nSPS) is 11.1. The number of nitrogens with zero attached hydrogens (tertiary/aromatic N) is 5. The van der Waals surface area contributed by atoms with E-state index in [1.54, 1.807) is 6.07 Å². The standard InChI is InChI=1S/C45H25N5/c46-26-29-15-22-43-40(23-29)39-21-14-31(28-48)25-45(39)50(43)44-24-30(27-47)13-20-38(44)35-8-2-1-7-34(35)32-16-18-33(19-17-32)49-41-11-5-3-9-36(41)37-10-4-6-12-42(37)49/h1-25H. The summed E-state index contributed by atoms with van der Waals surface area (Å²) < 4.78 is 4.43. The van der Waals surface area contributed by atoms with E-state index >= 15 is 0 Å². The summed E-state index contributed by atoms with van der Waals surface area (Å²) in [6.07, 6.45) is 0. The largest absolute Gasteiger partial charge is 0.309 e. The Kier molecular flexibility index (Phi) is 6.56. The molecule has 0 unspecified atom stereocenters. The van der Waals surface area contributed by atoms with Crippen molar-refractivity contribution in [3.63, 3.8) is 0 Å². The van der Waals surface area contributed by atoms with Crippen LogP contribution in [0, 0.1) is 34.0 Å². The van der Waals surface area contributed by atoms with E-state index in [1.807, 2.05) is 60.7 Å². The third-order valence-electron chi connectivity index (χ3n) is 9.63. The van der Waals surface area contributed by atoms with Crippen LogP contribution in [0.1, 0.15) is 16.7 Å². The molecule has 0 N–H and O–H groups in total. The first-order chi connectivity index (χ1) is 24.7. The number of rotatable bonds is 4. The van der Waals surface area contributed by atoms with Crippen LogP contribution >= 0.6 is 0 Å². The van der Waals surface area contributed by atoms with Crippen LogP contribution in [0.2, 0.25) is 0 Å². The highest BCUT2D eigenvalue weighted by Crippen LogP contribution is 2.41. The summed E-state index contributed by atoms with van der Waals surface area (Å²) in [4.78, 5) is 0. The molecule has 0 radical (unpaired) electrons. The van der Waals surface area contributed by atoms with Gasteiger partial charge in [-0.15, -0.1) is 0 Å². The van der Waals surface area contributed by atoms with Gasteiger partial charge in [-0.3, -0.25) is 0 Å². The molecule has 0 fully saturated rings. The third kappa shape index (κ3) is 4.38. The van der Waals surface area contributed by atoms with Crippen molar-refractivity contribution in [3.8, 4) is 51.8 Å². The van der Waals surface area contributed by atoms with Crippen LogP contribution in [-0.4, -0.2) is 9.13 Å². The molecule has 9 rings (SSSR count). The molecule has 0 amide bonds. The molecule has 0 saturated heterocycles. The zero-order valence-corrected chi connectivity index (χ0v) is 26.7. The average molecular weight is 636 g/mol. The second-order valence-electron chi connectivity index (χ2n) is 12.3. The van der Waals surface area contributed by atoms with Gasteiger partial charge in [0.15, 0.2) is 0 Å². The van der Waals surface area contributed by atoms with Gasteiger partial charge < -0.3 is 9.13 Å². The molecule has 5 heteroatoms. The van der Waals surface area contributed by atoms with Gasteiger partial charge in [0, 0.05) is 32.8 Å². The molecule has 2 heterocycles. The first kappa shape index (κ1) is 28.8. The van der Waals surface area contributed by atoms with Gasteiger partial charge in [-0.25, -0.2) is 0 Å². The van der Waals surface area contributed by atoms with Crippen molar-refractivity contribution in [1.29, 1.82) is 15.8 Å². The molecule has 0 saturated carbocycles. The average Bonchev–Trinajstić information content (AvgIpc) is 3.69. The third-order valence-corrected chi connectivity index (χ3v) is 9.63. The number of para-hydroxylation sites is 2. The Balaban J connectivity index is 1.25. The first-order valence-electron chi connectivity index (χ1n) is 16.3. The lowest BCUT2D eigenvalue weighted by Crippen LogP contribution is -1.99. The van der Waals surface area contributed by atoms with Crippen LogP contribution in [0.4, 0.5) is 0 Å². The molecule has 7 aromatic carbocycles. The topological polar surface area (TPSA) is 81.2 Å². The summed E-state index contributed by atoms with van der Waals surface area (Å²) in [5.41, 5.74) is 11.6. The number of hydrogen-bond donors (Lipinski definition) is 0. The van der Waals surface area contributed by atoms with E-state index in [0.29, 0.717) is 16.7 Å². The van der Waals surface area contributed by atoms with Crippen molar-refractivity contribution in [1.82, 2.24) is 9.13 Å². The zero-order valence-electron chi connectivity index (χ0n) is 26.7. The van der Waals surface area contributed by atoms with Crippen LogP contribution in [0.15, 0.2) is 152 Å². The minimum absolute atomic E-state index is 0.525. The number of hydrogen-bond acceptors (Lipinski definition) is 3. The van der Waals surface area contributed by atoms with Crippen molar-refractivity contribution in [2.75, 3.05) is 0 Å². The highest BCUT2D eigenvalue weighted by molar-refractivity contribution is 6.11. The molecule has 230 valence electrons. The molecule has 0 aliphatic rings. The minimum atomic E-state index is 0.525. The van der Waals surface area contributed by atoms with Crippen molar-refractivity contribution in [3.05, 3.63) is 168 Å². The maximum Gasteiger partial charge on any atom is 0.0992 e. The summed E-state index contributed by atoms with van der Waals surface area (Å²) in [6, 6.07) is 57.9. The van der Waals surface area contributed by atoms with Gasteiger partial charge >= 0.3 is 0 Å². The first-order valence-corrected chi connectivity index (χ1v) is 16.3. The lowest BCUT2D eigenvalue weighted by Gasteiger charge is -2.18. The van der Waals surface area contributed by atoms with Crippen molar-refractivity contribution < 1.29 is 0 Å². The van der Waals surface area contributed by atoms with Gasteiger partial charge in [-0.2, -0.15) is 15.8 Å². The fourth-order valence-corrected chi connectivity index (χ4v) is 7.39. The summed E-state index contributed by atoms with van der Waals surface area (Å²) in [6.45, 7) is 0. The molecular weight excluding hydrogens is 611 g/mol. The van der Waals surface area contributed by atoms with Crippen LogP contribution in [0.5, 0.6) is 0 Å². The van der Waals surface area contributed by atoms with Gasteiger partial charge in [-0.05, 0) is 83.4 Å². The summed E-state index contributed by atoms with van der Waals surface area (Å²) in [7, 11) is 0. The van der Waals surface area contributed by atoms with E-state index in [9.17, 15) is 15.8 Å². The second kappa shape index (κ2) is 11.4. The lowest BCUT2D eigenvalue weighted by molar-refractivity contribution is 1.18. The highest BCUT2D eigenvalue weighted by atomic mass is 15.0. The Morgan fingerprint density at radius 1 is 0.360 bits per heavy atom. The Morgan fingerprint density at radius 2 is 0.900 bits per heavy atom. The van der Waals surface area contributed by atoms with Crippen LogP contribution in [0.3, 0.4) is 0 Å². The van der Waals surface area contributed by atoms with Crippen molar-refractivity contribution in [2.24, 2.45) is 0 Å². The maximum atomic E-state index is 10.0. The number of aromatic nitrogens is 2. The van der Waals surface area contributed by atoms with Gasteiger partial charge in [0.25, 0.3) is 0 Å². The molecule has 0 aliphatic heterocycles. The van der Waals surface area contributed by atoms with Crippen LogP contribution in [0.25, 0.3) is 77.2 Å². The van der Waals surface area contributed by atoms with E-state index in [0.717, 1.165) is 66.5 Å². The second-order valence-corrected chi connectivity index (χ2v) is 12.3. The SMILES string of the molecule is N#Cc1ccc(-c2ccccc2-c2ccc(-n3c4ccccc4c4ccccc43)cc2)c(-n2c3ccc(C#N)cc3c3ccc(C#N)cc32)c1. The predicted octanol–water partition coefficient (Wildman–Crippen LogP) is 10.8. The Morgan fingerprint density at radius 3 is 1.60 bits per heavy atom. The van der Waals surface area contributed by atoms with E-state index in [1.165, 1.54) is 10.8 Å². The molecule has 0 aliphatic carbocycles. The van der Waals surface area contributed by atoms with Crippen molar-refractivity contribution >= 4 is 43.6 Å². The molecule has 9 aromatic rings. The summed E-state index contributed by atoms with van der Waals surface area (Å²) in [5, 5.41) is 33.8. The fraction of sp³-hybridized carbons (Fsp3) is 0. The molecule has 5 nitrogen and oxygen atoms in total. The van der Waals surface area contributed by atoms with Crippen LogP contribution < -0.4 is 0 Å².